The minimum atomic E-state index is -2.72. The van der Waals surface area contributed by atoms with Crippen molar-refractivity contribution in [2.45, 2.75) is 125 Å². The molecule has 2 unspecified atom stereocenters. The minimum absolute atomic E-state index is 0.210. The maximum absolute atomic E-state index is 15.6. The lowest BCUT2D eigenvalue weighted by Gasteiger charge is -2.40. The number of alkyl halides is 2. The number of aromatic nitrogens is 2. The molecule has 0 bridgehead atoms. The Kier molecular flexibility index (Phi) is 23.5. The highest BCUT2D eigenvalue weighted by atomic mass is 32.1. The average molecular weight is 1120 g/mol. The fraction of sp³-hybridized carbons (Fsp3) is 0.470. The highest BCUT2D eigenvalue weighted by Gasteiger charge is 2.38. The predicted molar refractivity (Wildman–Crippen MR) is 323 cm³/mol. The number of amides is 2. The number of rotatable bonds is 21. The molecule has 0 saturated carbocycles. The molecule has 2 fully saturated rings. The Bertz CT molecular complexity index is 2950. The van der Waals surface area contributed by atoms with Crippen LogP contribution in [0.3, 0.4) is 0 Å². The van der Waals surface area contributed by atoms with E-state index in [0.717, 1.165) is 65.4 Å². The van der Waals surface area contributed by atoms with Crippen LogP contribution in [0.1, 0.15) is 136 Å². The van der Waals surface area contributed by atoms with Crippen LogP contribution in [0.5, 0.6) is 5.75 Å². The number of hydrogen-bond acceptors (Lipinski definition) is 6. The van der Waals surface area contributed by atoms with Crippen LogP contribution in [0.25, 0.3) is 5.57 Å². The first kappa shape index (κ1) is 62.8. The van der Waals surface area contributed by atoms with E-state index in [1.165, 1.54) is 25.3 Å². The van der Waals surface area contributed by atoms with Crippen LogP contribution in [-0.2, 0) is 43.0 Å². The maximum atomic E-state index is 15.6. The second-order valence-electron chi connectivity index (χ2n) is 21.4. The predicted octanol–water partition coefficient (Wildman–Crippen LogP) is 13.9. The van der Waals surface area contributed by atoms with Crippen molar-refractivity contribution in [1.29, 1.82) is 0 Å². The smallest absolute Gasteiger partial charge is 0.264 e. The topological polar surface area (TPSA) is 84.2 Å². The number of carbonyl (C=O) groups excluding carboxylic acids is 2. The quantitative estimate of drug-likeness (QED) is 0.0445. The summed E-state index contributed by atoms with van der Waals surface area (Å²) in [7, 11) is 3.88. The van der Waals surface area contributed by atoms with Crippen molar-refractivity contribution in [2.24, 2.45) is 25.4 Å². The van der Waals surface area contributed by atoms with Gasteiger partial charge in [0.2, 0.25) is 6.41 Å². The normalized spacial score (nSPS) is 17.2. The molecule has 2 aliphatic heterocycles. The van der Waals surface area contributed by atoms with Crippen LogP contribution < -0.4 is 15.0 Å². The molecular formula is C66H85F3N6O4S. The van der Waals surface area contributed by atoms with Crippen molar-refractivity contribution >= 4 is 46.5 Å². The van der Waals surface area contributed by atoms with E-state index >= 15 is 9.18 Å². The third kappa shape index (κ3) is 16.2. The fourth-order valence-corrected chi connectivity index (χ4v) is 11.2. The number of thiocarbonyl (C=S) groups is 1. The molecule has 10 nitrogen and oxygen atoms in total. The van der Waals surface area contributed by atoms with Gasteiger partial charge in [0.1, 0.15) is 11.6 Å². The Morgan fingerprint density at radius 1 is 0.912 bits per heavy atom. The van der Waals surface area contributed by atoms with Gasteiger partial charge in [-0.3, -0.25) is 14.5 Å². The number of ether oxygens (including phenoxy) is 2. The van der Waals surface area contributed by atoms with Crippen LogP contribution >= 0.6 is 12.2 Å². The number of terminal acetylenes is 1. The summed E-state index contributed by atoms with van der Waals surface area (Å²) in [5, 5.41) is 2.84. The number of carbonyl (C=O) groups is 2. The lowest BCUT2D eigenvalue weighted by atomic mass is 9.72. The number of para-hydroxylation sites is 1. The summed E-state index contributed by atoms with van der Waals surface area (Å²) in [4.78, 5) is 33.6. The number of allylic oxidation sites excluding steroid dienone is 2. The number of hydrogen-bond donors (Lipinski definition) is 1. The molecular weight excluding hydrogens is 1030 g/mol. The van der Waals surface area contributed by atoms with Crippen molar-refractivity contribution in [3.63, 3.8) is 0 Å². The zero-order valence-corrected chi connectivity index (χ0v) is 49.6. The van der Waals surface area contributed by atoms with E-state index in [-0.39, 0.29) is 50.0 Å². The average Bonchev–Trinajstić information content (AvgIpc) is 3.94. The molecule has 4 heterocycles. The van der Waals surface area contributed by atoms with E-state index in [0.29, 0.717) is 91.0 Å². The zero-order valence-electron chi connectivity index (χ0n) is 48.8. The molecule has 3 aliphatic rings. The third-order valence-electron chi connectivity index (χ3n) is 15.5. The first-order valence-electron chi connectivity index (χ1n) is 28.7. The van der Waals surface area contributed by atoms with Gasteiger partial charge >= 0.3 is 0 Å². The molecule has 2 aromatic heterocycles. The Labute approximate surface area is 480 Å². The molecule has 2 amide bonds. The second-order valence-corrected chi connectivity index (χ2v) is 21.9. The van der Waals surface area contributed by atoms with Gasteiger partial charge in [-0.2, -0.15) is 0 Å². The van der Waals surface area contributed by atoms with Gasteiger partial charge in [-0.05, 0) is 117 Å². The van der Waals surface area contributed by atoms with Crippen LogP contribution in [0.2, 0.25) is 0 Å². The minimum Gasteiger partial charge on any atom is -0.494 e. The highest BCUT2D eigenvalue weighted by Crippen LogP contribution is 2.45. The summed E-state index contributed by atoms with van der Waals surface area (Å²) in [6, 6.07) is 26.4. The van der Waals surface area contributed by atoms with Crippen molar-refractivity contribution < 1.29 is 32.2 Å². The summed E-state index contributed by atoms with van der Waals surface area (Å²) >= 11 is 6.16. The maximum Gasteiger partial charge on any atom is 0.264 e. The molecule has 2 saturated heterocycles. The molecule has 8 rings (SSSR count). The van der Waals surface area contributed by atoms with E-state index in [9.17, 15) is 13.6 Å². The second kappa shape index (κ2) is 29.9. The van der Waals surface area contributed by atoms with E-state index in [2.05, 4.69) is 57.7 Å². The number of likely N-dealkylation sites (tertiary alicyclic amines) is 1. The molecule has 80 heavy (non-hydrogen) atoms. The van der Waals surface area contributed by atoms with Crippen molar-refractivity contribution in [1.82, 2.24) is 24.3 Å². The third-order valence-corrected chi connectivity index (χ3v) is 15.9. The number of nitrogens with one attached hydrogen (secondary N) is 1. The highest BCUT2D eigenvalue weighted by molar-refractivity contribution is 7.80. The largest absolute Gasteiger partial charge is 0.494 e. The summed E-state index contributed by atoms with van der Waals surface area (Å²) in [5.41, 5.74) is 9.03. The van der Waals surface area contributed by atoms with Crippen molar-refractivity contribution in [3.05, 3.63) is 154 Å². The Hall–Kier alpha value is -6.40. The lowest BCUT2D eigenvalue weighted by Crippen LogP contribution is -2.43. The van der Waals surface area contributed by atoms with Gasteiger partial charge in [-0.1, -0.05) is 113 Å². The fourth-order valence-electron chi connectivity index (χ4n) is 10.9. The number of anilines is 2. The van der Waals surface area contributed by atoms with Crippen molar-refractivity contribution in [2.75, 3.05) is 57.4 Å². The first-order valence-corrected chi connectivity index (χ1v) is 29.1. The summed E-state index contributed by atoms with van der Waals surface area (Å²) in [5.74, 6) is -0.257. The van der Waals surface area contributed by atoms with Gasteiger partial charge in [0.05, 0.1) is 28.5 Å². The first-order chi connectivity index (χ1) is 38.5. The molecule has 2 atom stereocenters. The standard InChI is InChI=1S/C59H69F3N6O3S.C5H10O.C2H6/c1-9-27-67(56(72)32-44-21-22-49(34-53(44)60)71-30-10-2)39-58(6)24-23-50(52(36-58)46(38-66-28-25-59(61,62)26-29-66)31-43-17-15-16-18-45(43)37-63-40-69)55-35-51(41(4)65(55)8)57(70)68(48-19-13-12-14-20-48)54-33-47(11-3)64(7)42(54)5;1-2-4-6-5-3-1;1-2/h3,12-23,33-36,40,46H,9-10,24-32,37-39H2,1-2,4-8H3,(H,63,69);1-5H2;1-2H3. The number of benzene rings is 3. The lowest BCUT2D eigenvalue weighted by molar-refractivity contribution is -0.109. The molecule has 3 aromatic carbocycles. The van der Waals surface area contributed by atoms with Crippen LogP contribution in [0.15, 0.2) is 103 Å². The SMILES string of the molecule is C#Cc1cc(N(C(=O)c2cc(C3=CCC(C)(CN(CCC)C(=S)Cc4ccc(OCCC)cc4F)C=C3C(Cc3ccccc3CNC=O)CN3CCC(F)(F)CC3)n(C)c2C)c2ccccc2)c(C)n1C.C1CCOCC1.CC. The van der Waals surface area contributed by atoms with E-state index in [4.69, 9.17) is 28.1 Å². The summed E-state index contributed by atoms with van der Waals surface area (Å²) in [6.45, 7) is 19.3. The van der Waals surface area contributed by atoms with Crippen LogP contribution in [-0.4, -0.2) is 94.7 Å². The van der Waals surface area contributed by atoms with Gasteiger partial charge in [-0.15, -0.1) is 6.42 Å². The van der Waals surface area contributed by atoms with Gasteiger partial charge in [-0.25, -0.2) is 13.2 Å². The zero-order chi connectivity index (χ0) is 58.0. The number of piperidine rings is 1. The molecule has 1 aliphatic carbocycles. The molecule has 0 radical (unpaired) electrons. The molecule has 5 aromatic rings. The Morgan fingerprint density at radius 3 is 2.20 bits per heavy atom. The Morgan fingerprint density at radius 2 is 1.60 bits per heavy atom. The summed E-state index contributed by atoms with van der Waals surface area (Å²) in [6.07, 6.45) is 17.8. The van der Waals surface area contributed by atoms with Gasteiger partial charge in [0, 0.05) is 126 Å². The number of nitrogens with zero attached hydrogens (tertiary/aromatic N) is 5. The van der Waals surface area contributed by atoms with Crippen LogP contribution in [0.4, 0.5) is 24.5 Å². The van der Waals surface area contributed by atoms with Crippen LogP contribution in [0, 0.1) is 43.3 Å². The van der Waals surface area contributed by atoms with E-state index < -0.39 is 11.3 Å². The number of halogens is 3. The van der Waals surface area contributed by atoms with E-state index in [1.807, 2.05) is 114 Å². The molecule has 0 spiro atoms. The molecule has 14 heteroatoms. The van der Waals surface area contributed by atoms with Gasteiger partial charge < -0.3 is 33.7 Å². The van der Waals surface area contributed by atoms with Crippen molar-refractivity contribution in [3.8, 4) is 18.1 Å². The monoisotopic (exact) mass is 1110 g/mol. The van der Waals surface area contributed by atoms with Gasteiger partial charge in [0.25, 0.3) is 11.8 Å². The van der Waals surface area contributed by atoms with E-state index in [1.54, 1.807) is 17.0 Å². The Balaban J connectivity index is 0.00000120. The summed E-state index contributed by atoms with van der Waals surface area (Å²) < 4.78 is 59.9. The van der Waals surface area contributed by atoms with Gasteiger partial charge in [0.15, 0.2) is 0 Å². The molecule has 430 valence electrons. The molecule has 1 N–H and O–H groups in total.